The first kappa shape index (κ1) is 16.8. The molecule has 0 heterocycles. The summed E-state index contributed by atoms with van der Waals surface area (Å²) in [6.45, 7) is 0. The summed E-state index contributed by atoms with van der Waals surface area (Å²) < 4.78 is 96.2. The Morgan fingerprint density at radius 3 is 1.96 bits per heavy atom. The Labute approximate surface area is 124 Å². The van der Waals surface area contributed by atoms with Crippen molar-refractivity contribution in [2.45, 2.75) is 6.11 Å². The van der Waals surface area contributed by atoms with E-state index in [4.69, 9.17) is 0 Å². The van der Waals surface area contributed by atoms with Crippen LogP contribution in [0, 0.1) is 23.3 Å². The maximum absolute atomic E-state index is 13.8. The van der Waals surface area contributed by atoms with Gasteiger partial charge in [0.15, 0.2) is 17.5 Å². The quantitative estimate of drug-likeness (QED) is 0.467. The molecule has 2 nitrogen and oxygen atoms in total. The van der Waals surface area contributed by atoms with Gasteiger partial charge in [0.2, 0.25) is 0 Å². The topological polar surface area (TPSA) is 26.3 Å². The monoisotopic (exact) mass is 338 g/mol. The number of hydrogen-bond acceptors (Lipinski definition) is 2. The summed E-state index contributed by atoms with van der Waals surface area (Å²) in [7, 11) is 0. The Kier molecular flexibility index (Phi) is 4.31. The standard InChI is InChI=1S/C14H5F7O2/c15-9-3-6(13(19)22)1-2-8(9)14(20,21)23-7-4-10(16)12(18)11(17)5-7/h1-5H. The number of carbonyl (C=O) groups is 1. The Hall–Kier alpha value is -2.58. The van der Waals surface area contributed by atoms with Crippen LogP contribution in [-0.2, 0) is 6.11 Å². The van der Waals surface area contributed by atoms with E-state index in [1.54, 1.807) is 0 Å². The van der Waals surface area contributed by atoms with Crippen LogP contribution in [0.3, 0.4) is 0 Å². The van der Waals surface area contributed by atoms with Gasteiger partial charge in [-0.3, -0.25) is 4.79 Å². The van der Waals surface area contributed by atoms with Gasteiger partial charge in [0, 0.05) is 12.1 Å². The van der Waals surface area contributed by atoms with E-state index in [1.165, 1.54) is 0 Å². The lowest BCUT2D eigenvalue weighted by Gasteiger charge is -2.19. The van der Waals surface area contributed by atoms with Crippen LogP contribution < -0.4 is 4.74 Å². The van der Waals surface area contributed by atoms with E-state index in [9.17, 15) is 35.5 Å². The molecule has 0 N–H and O–H groups in total. The molecule has 2 aromatic carbocycles. The second-order valence-electron chi connectivity index (χ2n) is 4.29. The number of rotatable bonds is 4. The minimum Gasteiger partial charge on any atom is -0.429 e. The minimum atomic E-state index is -4.42. The molecule has 0 bridgehead atoms. The van der Waals surface area contributed by atoms with Gasteiger partial charge >= 0.3 is 12.1 Å². The van der Waals surface area contributed by atoms with Crippen molar-refractivity contribution in [3.63, 3.8) is 0 Å². The van der Waals surface area contributed by atoms with Gasteiger partial charge in [-0.15, -0.1) is 0 Å². The lowest BCUT2D eigenvalue weighted by Crippen LogP contribution is -2.24. The summed E-state index contributed by atoms with van der Waals surface area (Å²) in [5, 5.41) is 0. The highest BCUT2D eigenvalue weighted by Crippen LogP contribution is 2.34. The molecule has 0 spiro atoms. The molecule has 0 unspecified atom stereocenters. The number of alkyl halides is 2. The molecular formula is C14H5F7O2. The largest absolute Gasteiger partial charge is 0.429 e. The number of hydrogen-bond donors (Lipinski definition) is 0. The van der Waals surface area contributed by atoms with Crippen molar-refractivity contribution in [1.82, 2.24) is 0 Å². The molecule has 23 heavy (non-hydrogen) atoms. The van der Waals surface area contributed by atoms with E-state index in [1.807, 2.05) is 0 Å². The zero-order valence-electron chi connectivity index (χ0n) is 10.8. The van der Waals surface area contributed by atoms with E-state index in [2.05, 4.69) is 4.74 Å². The van der Waals surface area contributed by atoms with Crippen molar-refractivity contribution in [3.8, 4) is 5.75 Å². The molecule has 0 aliphatic heterocycles. The van der Waals surface area contributed by atoms with Crippen LogP contribution >= 0.6 is 0 Å². The normalized spacial score (nSPS) is 11.4. The molecule has 0 fully saturated rings. The number of ether oxygens (including phenoxy) is 1. The fraction of sp³-hybridized carbons (Fsp3) is 0.0714. The molecule has 2 rings (SSSR count). The van der Waals surface area contributed by atoms with Crippen molar-refractivity contribution in [2.75, 3.05) is 0 Å². The zero-order valence-corrected chi connectivity index (χ0v) is 10.8. The third-order valence-electron chi connectivity index (χ3n) is 2.71. The Balaban J connectivity index is 2.37. The highest BCUT2D eigenvalue weighted by molar-refractivity contribution is 5.88. The van der Waals surface area contributed by atoms with Gasteiger partial charge in [-0.1, -0.05) is 0 Å². The van der Waals surface area contributed by atoms with Crippen LogP contribution in [0.1, 0.15) is 15.9 Å². The van der Waals surface area contributed by atoms with Crippen LogP contribution in [0.15, 0.2) is 30.3 Å². The van der Waals surface area contributed by atoms with Gasteiger partial charge in [-0.05, 0) is 18.2 Å². The van der Waals surface area contributed by atoms with Crippen LogP contribution in [0.25, 0.3) is 0 Å². The molecular weight excluding hydrogens is 333 g/mol. The van der Waals surface area contributed by atoms with Gasteiger partial charge in [0.05, 0.1) is 11.1 Å². The Morgan fingerprint density at radius 2 is 1.48 bits per heavy atom. The summed E-state index contributed by atoms with van der Waals surface area (Å²) >= 11 is 0. The average molecular weight is 338 g/mol. The third kappa shape index (κ3) is 3.43. The number of carbonyl (C=O) groups excluding carboxylic acids is 1. The lowest BCUT2D eigenvalue weighted by atomic mass is 10.1. The van der Waals surface area contributed by atoms with Crippen molar-refractivity contribution in [2.24, 2.45) is 0 Å². The van der Waals surface area contributed by atoms with Gasteiger partial charge in [-0.25, -0.2) is 17.6 Å². The Bertz CT molecular complexity index is 751. The highest BCUT2D eigenvalue weighted by atomic mass is 19.3. The maximum Gasteiger partial charge on any atom is 0.429 e. The van der Waals surface area contributed by atoms with Crippen LogP contribution in [0.5, 0.6) is 5.75 Å². The van der Waals surface area contributed by atoms with E-state index >= 15 is 0 Å². The van der Waals surface area contributed by atoms with E-state index in [-0.39, 0.29) is 18.2 Å². The summed E-state index contributed by atoms with van der Waals surface area (Å²) in [6, 6.07) is -0.599. The molecule has 0 atom stereocenters. The van der Waals surface area contributed by atoms with Crippen molar-refractivity contribution >= 4 is 6.04 Å². The van der Waals surface area contributed by atoms with E-state index < -0.39 is 52.3 Å². The zero-order chi connectivity index (χ0) is 17.4. The van der Waals surface area contributed by atoms with Gasteiger partial charge in [0.25, 0.3) is 0 Å². The minimum absolute atomic E-state index is 0.143. The summed E-state index contributed by atoms with van der Waals surface area (Å²) in [4.78, 5) is 10.4. The van der Waals surface area contributed by atoms with Crippen molar-refractivity contribution in [3.05, 3.63) is 64.7 Å². The number of benzene rings is 2. The summed E-state index contributed by atoms with van der Waals surface area (Å²) in [5.74, 6) is -8.24. The fourth-order valence-electron chi connectivity index (χ4n) is 1.67. The average Bonchev–Trinajstić information content (AvgIpc) is 2.43. The van der Waals surface area contributed by atoms with Crippen LogP contribution in [0.4, 0.5) is 30.7 Å². The van der Waals surface area contributed by atoms with E-state index in [0.29, 0.717) is 12.1 Å². The van der Waals surface area contributed by atoms with Gasteiger partial charge in [-0.2, -0.15) is 13.2 Å². The predicted molar refractivity (Wildman–Crippen MR) is 62.7 cm³/mol. The lowest BCUT2D eigenvalue weighted by molar-refractivity contribution is -0.187. The first-order chi connectivity index (χ1) is 10.6. The third-order valence-corrected chi connectivity index (χ3v) is 2.71. The van der Waals surface area contributed by atoms with Gasteiger partial charge in [0.1, 0.15) is 11.6 Å². The van der Waals surface area contributed by atoms with Crippen molar-refractivity contribution in [1.29, 1.82) is 0 Å². The first-order valence-electron chi connectivity index (χ1n) is 5.83. The smallest absolute Gasteiger partial charge is 0.429 e. The highest BCUT2D eigenvalue weighted by Gasteiger charge is 2.38. The second-order valence-corrected chi connectivity index (χ2v) is 4.29. The molecule has 2 aromatic rings. The number of halogens is 7. The second kappa shape index (κ2) is 5.90. The molecule has 0 aromatic heterocycles. The molecule has 0 aliphatic rings. The molecule has 0 saturated carbocycles. The molecule has 0 amide bonds. The molecule has 0 saturated heterocycles. The predicted octanol–water partition coefficient (Wildman–Crippen LogP) is 4.48. The van der Waals surface area contributed by atoms with Crippen LogP contribution in [-0.4, -0.2) is 6.04 Å². The van der Waals surface area contributed by atoms with Crippen LogP contribution in [0.2, 0.25) is 0 Å². The first-order valence-corrected chi connectivity index (χ1v) is 5.83. The SMILES string of the molecule is O=C(F)c1ccc(C(F)(F)Oc2cc(F)c(F)c(F)c2)c(F)c1. The molecule has 9 heteroatoms. The van der Waals surface area contributed by atoms with Gasteiger partial charge < -0.3 is 4.74 Å². The summed E-state index contributed by atoms with van der Waals surface area (Å²) in [6.07, 6.45) is -4.42. The molecule has 122 valence electrons. The summed E-state index contributed by atoms with van der Waals surface area (Å²) in [5.41, 5.74) is -2.21. The molecule has 0 aliphatic carbocycles. The maximum atomic E-state index is 13.8. The Morgan fingerprint density at radius 1 is 0.913 bits per heavy atom. The fourth-order valence-corrected chi connectivity index (χ4v) is 1.67. The molecule has 0 radical (unpaired) electrons. The van der Waals surface area contributed by atoms with Crippen molar-refractivity contribution < 1.29 is 40.3 Å². The van der Waals surface area contributed by atoms with E-state index in [0.717, 1.165) is 0 Å².